The highest BCUT2D eigenvalue weighted by Crippen LogP contribution is 2.34. The molecule has 0 saturated heterocycles. The zero-order valence-electron chi connectivity index (χ0n) is 20.4. The van der Waals surface area contributed by atoms with Gasteiger partial charge in [0.2, 0.25) is 0 Å². The van der Waals surface area contributed by atoms with Crippen LogP contribution in [0.2, 0.25) is 0 Å². The van der Waals surface area contributed by atoms with Crippen LogP contribution < -0.4 is 20.1 Å². The highest BCUT2D eigenvalue weighted by Gasteiger charge is 2.25. The molecule has 1 heterocycles. The summed E-state index contributed by atoms with van der Waals surface area (Å²) < 4.78 is 39.4. The standard InChI is InChI=1S/C27H29N3O5S/c1-19-26(21-12-7-8-14-23(21)30(19)18-20-10-5-4-6-11-20)36(32,33)17-16-28-27(31)29-22-13-9-15-24(34-2)25(22)35-3/h4-15H,16-18H2,1-3H3,(H2,28,29,31). The van der Waals surface area contributed by atoms with Crippen LogP contribution in [0.4, 0.5) is 10.5 Å². The summed E-state index contributed by atoms with van der Waals surface area (Å²) >= 11 is 0. The van der Waals surface area contributed by atoms with Crippen molar-refractivity contribution in [2.45, 2.75) is 18.4 Å². The van der Waals surface area contributed by atoms with Crippen molar-refractivity contribution in [3.05, 3.63) is 84.1 Å². The summed E-state index contributed by atoms with van der Waals surface area (Å²) in [7, 11) is -0.707. The molecule has 2 N–H and O–H groups in total. The number of benzene rings is 3. The molecule has 0 radical (unpaired) electrons. The number of hydrogen-bond acceptors (Lipinski definition) is 5. The van der Waals surface area contributed by atoms with Crippen LogP contribution in [0.1, 0.15) is 11.3 Å². The van der Waals surface area contributed by atoms with Gasteiger partial charge >= 0.3 is 6.03 Å². The van der Waals surface area contributed by atoms with E-state index in [1.807, 2.05) is 66.1 Å². The second-order valence-corrected chi connectivity index (χ2v) is 10.3. The first-order valence-electron chi connectivity index (χ1n) is 11.5. The van der Waals surface area contributed by atoms with Crippen molar-refractivity contribution in [2.75, 3.05) is 31.8 Å². The van der Waals surface area contributed by atoms with E-state index < -0.39 is 15.9 Å². The monoisotopic (exact) mass is 507 g/mol. The fraction of sp³-hybridized carbons (Fsp3) is 0.222. The van der Waals surface area contributed by atoms with E-state index in [9.17, 15) is 13.2 Å². The van der Waals surface area contributed by atoms with Gasteiger partial charge in [0, 0.05) is 29.7 Å². The quantitative estimate of drug-likeness (QED) is 0.345. The van der Waals surface area contributed by atoms with Crippen LogP contribution in [0.15, 0.2) is 77.7 Å². The molecule has 0 unspecified atom stereocenters. The Morgan fingerprint density at radius 2 is 1.64 bits per heavy atom. The van der Waals surface area contributed by atoms with Gasteiger partial charge in [0.25, 0.3) is 0 Å². The van der Waals surface area contributed by atoms with Crippen molar-refractivity contribution >= 4 is 32.5 Å². The number of rotatable bonds is 9. The lowest BCUT2D eigenvalue weighted by molar-refractivity contribution is 0.252. The number of aromatic nitrogens is 1. The van der Waals surface area contributed by atoms with Crippen LogP contribution in [0.3, 0.4) is 0 Å². The number of nitrogens with one attached hydrogen (secondary N) is 2. The van der Waals surface area contributed by atoms with Gasteiger partial charge in [0.05, 0.1) is 30.6 Å². The highest BCUT2D eigenvalue weighted by molar-refractivity contribution is 7.91. The van der Waals surface area contributed by atoms with Gasteiger partial charge in [-0.1, -0.05) is 54.6 Å². The van der Waals surface area contributed by atoms with E-state index in [0.29, 0.717) is 39.7 Å². The number of amides is 2. The molecule has 8 nitrogen and oxygen atoms in total. The number of methoxy groups -OCH3 is 2. The molecule has 2 amide bonds. The maximum atomic E-state index is 13.4. The van der Waals surface area contributed by atoms with Gasteiger partial charge in [-0.15, -0.1) is 0 Å². The summed E-state index contributed by atoms with van der Waals surface area (Å²) in [4.78, 5) is 12.8. The molecule has 0 aliphatic rings. The van der Waals surface area contributed by atoms with Crippen LogP contribution in [-0.4, -0.2) is 45.5 Å². The Morgan fingerprint density at radius 1 is 0.917 bits per heavy atom. The molecule has 3 aromatic carbocycles. The zero-order chi connectivity index (χ0) is 25.7. The Labute approximate surface area is 210 Å². The number of hydrogen-bond donors (Lipinski definition) is 2. The third-order valence-corrected chi connectivity index (χ3v) is 7.85. The lowest BCUT2D eigenvalue weighted by Gasteiger charge is -2.14. The van der Waals surface area contributed by atoms with Crippen LogP contribution in [0.5, 0.6) is 11.5 Å². The molecule has 0 bridgehead atoms. The number of carbonyl (C=O) groups is 1. The molecule has 4 rings (SSSR count). The number of fused-ring (bicyclic) bond motifs is 1. The molecule has 9 heteroatoms. The summed E-state index contributed by atoms with van der Waals surface area (Å²) in [5.74, 6) is 0.612. The number of sulfone groups is 1. The Morgan fingerprint density at radius 3 is 2.36 bits per heavy atom. The maximum absolute atomic E-state index is 13.4. The topological polar surface area (TPSA) is 98.7 Å². The zero-order valence-corrected chi connectivity index (χ0v) is 21.3. The molecule has 0 spiro atoms. The van der Waals surface area contributed by atoms with E-state index in [-0.39, 0.29) is 12.3 Å². The third-order valence-electron chi connectivity index (χ3n) is 5.97. The predicted molar refractivity (Wildman–Crippen MR) is 141 cm³/mol. The van der Waals surface area contributed by atoms with Gasteiger partial charge in [-0.2, -0.15) is 0 Å². The van der Waals surface area contributed by atoms with E-state index in [1.54, 1.807) is 18.2 Å². The van der Waals surface area contributed by atoms with E-state index >= 15 is 0 Å². The first-order chi connectivity index (χ1) is 17.4. The summed E-state index contributed by atoms with van der Waals surface area (Å²) in [6, 6.07) is 22.0. The fourth-order valence-electron chi connectivity index (χ4n) is 4.31. The molecule has 188 valence electrons. The molecule has 0 aliphatic carbocycles. The molecule has 36 heavy (non-hydrogen) atoms. The minimum atomic E-state index is -3.69. The van der Waals surface area contributed by atoms with Gasteiger partial charge in [-0.3, -0.25) is 0 Å². The van der Waals surface area contributed by atoms with E-state index in [2.05, 4.69) is 10.6 Å². The van der Waals surface area contributed by atoms with E-state index in [0.717, 1.165) is 11.1 Å². The predicted octanol–water partition coefficient (Wildman–Crippen LogP) is 4.61. The number of anilines is 1. The van der Waals surface area contributed by atoms with Crippen molar-refractivity contribution in [3.63, 3.8) is 0 Å². The van der Waals surface area contributed by atoms with Gasteiger partial charge in [0.15, 0.2) is 21.3 Å². The molecular formula is C27H29N3O5S. The van der Waals surface area contributed by atoms with E-state index in [4.69, 9.17) is 9.47 Å². The molecule has 0 atom stereocenters. The lowest BCUT2D eigenvalue weighted by atomic mass is 10.2. The van der Waals surface area contributed by atoms with Crippen LogP contribution in [0.25, 0.3) is 10.9 Å². The fourth-order valence-corrected chi connectivity index (χ4v) is 5.96. The molecule has 1 aromatic heterocycles. The summed E-state index contributed by atoms with van der Waals surface area (Å²) in [5, 5.41) is 5.99. The SMILES string of the molecule is COc1cccc(NC(=O)NCCS(=O)(=O)c2c(C)n(Cc3ccccc3)c3ccccc23)c1OC. The molecular weight excluding hydrogens is 478 g/mol. The molecule has 0 aliphatic heterocycles. The van der Waals surface area contributed by atoms with Gasteiger partial charge in [0.1, 0.15) is 0 Å². The van der Waals surface area contributed by atoms with Gasteiger partial charge < -0.3 is 24.7 Å². The normalized spacial score (nSPS) is 11.3. The number of ether oxygens (including phenoxy) is 2. The number of nitrogens with zero attached hydrogens (tertiary/aromatic N) is 1. The molecule has 0 saturated carbocycles. The van der Waals surface area contributed by atoms with E-state index in [1.165, 1.54) is 14.2 Å². The smallest absolute Gasteiger partial charge is 0.319 e. The summed E-state index contributed by atoms with van der Waals surface area (Å²) in [6.45, 7) is 2.33. The second kappa shape index (κ2) is 10.7. The highest BCUT2D eigenvalue weighted by atomic mass is 32.2. The van der Waals surface area contributed by atoms with Crippen molar-refractivity contribution in [1.82, 2.24) is 9.88 Å². The second-order valence-electron chi connectivity index (χ2n) is 8.24. The van der Waals surface area contributed by atoms with Crippen molar-refractivity contribution in [3.8, 4) is 11.5 Å². The number of carbonyl (C=O) groups excluding carboxylic acids is 1. The van der Waals surface area contributed by atoms with Crippen molar-refractivity contribution in [2.24, 2.45) is 0 Å². The van der Waals surface area contributed by atoms with Gasteiger partial charge in [-0.25, -0.2) is 13.2 Å². The van der Waals surface area contributed by atoms with Crippen LogP contribution in [-0.2, 0) is 16.4 Å². The minimum absolute atomic E-state index is 0.0575. The Bertz CT molecular complexity index is 1480. The maximum Gasteiger partial charge on any atom is 0.319 e. The third kappa shape index (κ3) is 5.16. The first kappa shape index (κ1) is 25.1. The number of urea groups is 1. The van der Waals surface area contributed by atoms with Crippen molar-refractivity contribution in [1.29, 1.82) is 0 Å². The summed E-state index contributed by atoms with van der Waals surface area (Å²) in [6.07, 6.45) is 0. The Kier molecular flexibility index (Phi) is 7.49. The van der Waals surface area contributed by atoms with Crippen LogP contribution in [0, 0.1) is 6.92 Å². The largest absolute Gasteiger partial charge is 0.493 e. The summed E-state index contributed by atoms with van der Waals surface area (Å²) in [5.41, 5.74) is 3.02. The molecule has 4 aromatic rings. The van der Waals surface area contributed by atoms with Crippen LogP contribution >= 0.6 is 0 Å². The Hall–Kier alpha value is -3.98. The minimum Gasteiger partial charge on any atom is -0.493 e. The number of para-hydroxylation sites is 2. The lowest BCUT2D eigenvalue weighted by Crippen LogP contribution is -2.33. The average Bonchev–Trinajstić information content (AvgIpc) is 3.16. The van der Waals surface area contributed by atoms with Gasteiger partial charge in [-0.05, 0) is 30.7 Å². The average molecular weight is 508 g/mol. The molecule has 0 fully saturated rings. The van der Waals surface area contributed by atoms with Crippen molar-refractivity contribution < 1.29 is 22.7 Å². The first-order valence-corrected chi connectivity index (χ1v) is 13.1. The Balaban J connectivity index is 1.51.